The molecule has 0 N–H and O–H groups in total. The minimum Gasteiger partial charge on any atom is -0.312 e. The number of carbonyl (C=O) groups excluding carboxylic acids is 1. The van der Waals surface area contributed by atoms with Crippen LogP contribution in [-0.2, 0) is 11.2 Å². The molecule has 1 heterocycles. The van der Waals surface area contributed by atoms with E-state index in [9.17, 15) is 13.6 Å². The second-order valence-electron chi connectivity index (χ2n) is 6.33. The summed E-state index contributed by atoms with van der Waals surface area (Å²) >= 11 is 0. The molecule has 0 radical (unpaired) electrons. The number of amides is 1. The summed E-state index contributed by atoms with van der Waals surface area (Å²) in [7, 11) is 0. The van der Waals surface area contributed by atoms with Gasteiger partial charge in [0, 0.05) is 23.5 Å². The van der Waals surface area contributed by atoms with Crippen molar-refractivity contribution in [2.24, 2.45) is 0 Å². The quantitative estimate of drug-likeness (QED) is 0.670. The number of nitrogens with zero attached hydrogens (tertiary/aromatic N) is 3. The number of anilines is 1. The maximum Gasteiger partial charge on any atom is 0.231 e. The Hall–Kier alpha value is -3.02. The van der Waals surface area contributed by atoms with Gasteiger partial charge in [0.25, 0.3) is 0 Å². The standard InChI is InChI=1S/C21H21F2N3O/c1-4-25(18-9-5-16(22)6-10-18)21(27)13-20-14(2)24-26(15(20)3)19-11-7-17(23)8-12-19/h5-12H,4,13H2,1-3H3. The van der Waals surface area contributed by atoms with E-state index < -0.39 is 0 Å². The van der Waals surface area contributed by atoms with Gasteiger partial charge < -0.3 is 4.90 Å². The fourth-order valence-electron chi connectivity index (χ4n) is 3.14. The highest BCUT2D eigenvalue weighted by Gasteiger charge is 2.20. The van der Waals surface area contributed by atoms with E-state index in [-0.39, 0.29) is 24.0 Å². The maximum absolute atomic E-state index is 13.2. The molecule has 140 valence electrons. The van der Waals surface area contributed by atoms with E-state index in [1.807, 2.05) is 20.8 Å². The molecule has 27 heavy (non-hydrogen) atoms. The molecule has 1 amide bonds. The van der Waals surface area contributed by atoms with E-state index in [1.54, 1.807) is 33.8 Å². The summed E-state index contributed by atoms with van der Waals surface area (Å²) < 4.78 is 28.0. The molecule has 0 fully saturated rings. The van der Waals surface area contributed by atoms with Gasteiger partial charge >= 0.3 is 0 Å². The van der Waals surface area contributed by atoms with Crippen molar-refractivity contribution >= 4 is 11.6 Å². The van der Waals surface area contributed by atoms with Crippen LogP contribution in [-0.4, -0.2) is 22.2 Å². The first-order valence-electron chi connectivity index (χ1n) is 8.77. The monoisotopic (exact) mass is 369 g/mol. The number of benzene rings is 2. The van der Waals surface area contributed by atoms with Crippen LogP contribution in [0.3, 0.4) is 0 Å². The van der Waals surface area contributed by atoms with Crippen molar-refractivity contribution < 1.29 is 13.6 Å². The molecule has 0 aliphatic heterocycles. The molecule has 0 bridgehead atoms. The molecule has 6 heteroatoms. The summed E-state index contributed by atoms with van der Waals surface area (Å²) in [5, 5.41) is 4.51. The fraction of sp³-hybridized carbons (Fsp3) is 0.238. The summed E-state index contributed by atoms with van der Waals surface area (Å²) in [5.41, 5.74) is 3.82. The van der Waals surface area contributed by atoms with Gasteiger partial charge in [-0.1, -0.05) is 0 Å². The number of rotatable bonds is 5. The van der Waals surface area contributed by atoms with Crippen LogP contribution in [0.5, 0.6) is 0 Å². The molecule has 3 aromatic rings. The third-order valence-corrected chi connectivity index (χ3v) is 4.60. The van der Waals surface area contributed by atoms with Gasteiger partial charge in [0.1, 0.15) is 11.6 Å². The van der Waals surface area contributed by atoms with Crippen molar-refractivity contribution in [3.8, 4) is 5.69 Å². The van der Waals surface area contributed by atoms with Gasteiger partial charge in [-0.05, 0) is 69.3 Å². The van der Waals surface area contributed by atoms with Crippen molar-refractivity contribution in [2.45, 2.75) is 27.2 Å². The van der Waals surface area contributed by atoms with Gasteiger partial charge in [0.2, 0.25) is 5.91 Å². The molecule has 2 aromatic carbocycles. The van der Waals surface area contributed by atoms with Crippen LogP contribution in [0.25, 0.3) is 5.69 Å². The van der Waals surface area contributed by atoms with Gasteiger partial charge in [-0.3, -0.25) is 4.79 Å². The number of halogens is 2. The Morgan fingerprint density at radius 2 is 1.56 bits per heavy atom. The lowest BCUT2D eigenvalue weighted by molar-refractivity contribution is -0.118. The van der Waals surface area contributed by atoms with Crippen molar-refractivity contribution in [3.05, 3.63) is 77.1 Å². The molecule has 3 rings (SSSR count). The van der Waals surface area contributed by atoms with Crippen molar-refractivity contribution in [1.82, 2.24) is 9.78 Å². The molecule has 0 unspecified atom stereocenters. The van der Waals surface area contributed by atoms with E-state index in [0.29, 0.717) is 12.2 Å². The van der Waals surface area contributed by atoms with Gasteiger partial charge in [-0.25, -0.2) is 13.5 Å². The number of hydrogen-bond donors (Lipinski definition) is 0. The molecule has 4 nitrogen and oxygen atoms in total. The van der Waals surface area contributed by atoms with Crippen molar-refractivity contribution in [3.63, 3.8) is 0 Å². The Labute approximate surface area is 157 Å². The van der Waals surface area contributed by atoms with Crippen LogP contribution in [0.2, 0.25) is 0 Å². The molecular formula is C21H21F2N3O. The molecule has 0 aliphatic rings. The predicted octanol–water partition coefficient (Wildman–Crippen LogP) is 4.36. The first-order chi connectivity index (χ1) is 12.9. The normalized spacial score (nSPS) is 10.9. The Kier molecular flexibility index (Phi) is 5.35. The zero-order chi connectivity index (χ0) is 19.6. The van der Waals surface area contributed by atoms with Crippen LogP contribution in [0.4, 0.5) is 14.5 Å². The van der Waals surface area contributed by atoms with Gasteiger partial charge in [-0.15, -0.1) is 0 Å². The third kappa shape index (κ3) is 3.89. The topological polar surface area (TPSA) is 38.1 Å². The summed E-state index contributed by atoms with van der Waals surface area (Å²) in [6.45, 7) is 6.10. The zero-order valence-corrected chi connectivity index (χ0v) is 15.5. The average molecular weight is 369 g/mol. The lowest BCUT2D eigenvalue weighted by Crippen LogP contribution is -2.32. The number of likely N-dealkylation sites (N-methyl/N-ethyl adjacent to an activating group) is 1. The Balaban J connectivity index is 1.87. The predicted molar refractivity (Wildman–Crippen MR) is 101 cm³/mol. The van der Waals surface area contributed by atoms with Crippen LogP contribution in [0.15, 0.2) is 48.5 Å². The smallest absolute Gasteiger partial charge is 0.231 e. The molecule has 0 saturated carbocycles. The average Bonchev–Trinajstić information content (AvgIpc) is 2.93. The van der Waals surface area contributed by atoms with Crippen LogP contribution in [0.1, 0.15) is 23.9 Å². The van der Waals surface area contributed by atoms with Gasteiger partial charge in [-0.2, -0.15) is 5.10 Å². The van der Waals surface area contributed by atoms with Gasteiger partial charge in [0.15, 0.2) is 0 Å². The second-order valence-corrected chi connectivity index (χ2v) is 6.33. The second kappa shape index (κ2) is 7.70. The van der Waals surface area contributed by atoms with Gasteiger partial charge in [0.05, 0.1) is 17.8 Å². The highest BCUT2D eigenvalue weighted by atomic mass is 19.1. The highest BCUT2D eigenvalue weighted by Crippen LogP contribution is 2.21. The molecular weight excluding hydrogens is 348 g/mol. The number of hydrogen-bond acceptors (Lipinski definition) is 2. The maximum atomic E-state index is 13.2. The minimum absolute atomic E-state index is 0.0889. The highest BCUT2D eigenvalue weighted by molar-refractivity contribution is 5.94. The summed E-state index contributed by atoms with van der Waals surface area (Å²) in [4.78, 5) is 14.5. The van der Waals surface area contributed by atoms with E-state index in [2.05, 4.69) is 5.10 Å². The number of aryl methyl sites for hydroxylation is 1. The number of carbonyl (C=O) groups is 1. The SMILES string of the molecule is CCN(C(=O)Cc1c(C)nn(-c2ccc(F)cc2)c1C)c1ccc(F)cc1. The Bertz CT molecular complexity index is 947. The Morgan fingerprint density at radius 3 is 2.11 bits per heavy atom. The molecule has 0 spiro atoms. The van der Waals surface area contributed by atoms with E-state index in [4.69, 9.17) is 0 Å². The summed E-state index contributed by atoms with van der Waals surface area (Å²) in [6.07, 6.45) is 0.185. The van der Waals surface area contributed by atoms with E-state index >= 15 is 0 Å². The fourth-order valence-corrected chi connectivity index (χ4v) is 3.14. The van der Waals surface area contributed by atoms with E-state index in [1.165, 1.54) is 24.3 Å². The van der Waals surface area contributed by atoms with Crippen LogP contribution < -0.4 is 4.90 Å². The minimum atomic E-state index is -0.338. The summed E-state index contributed by atoms with van der Waals surface area (Å²) in [6, 6.07) is 11.9. The lowest BCUT2D eigenvalue weighted by Gasteiger charge is -2.21. The molecule has 1 aromatic heterocycles. The summed E-state index contributed by atoms with van der Waals surface area (Å²) in [5.74, 6) is -0.739. The van der Waals surface area contributed by atoms with Crippen molar-refractivity contribution in [2.75, 3.05) is 11.4 Å². The largest absolute Gasteiger partial charge is 0.312 e. The first kappa shape index (κ1) is 18.8. The molecule has 0 aliphatic carbocycles. The van der Waals surface area contributed by atoms with Crippen LogP contribution in [0, 0.1) is 25.5 Å². The van der Waals surface area contributed by atoms with Crippen LogP contribution >= 0.6 is 0 Å². The first-order valence-corrected chi connectivity index (χ1v) is 8.77. The Morgan fingerprint density at radius 1 is 1.00 bits per heavy atom. The number of aromatic nitrogens is 2. The molecule has 0 saturated heterocycles. The van der Waals surface area contributed by atoms with Crippen molar-refractivity contribution in [1.29, 1.82) is 0 Å². The third-order valence-electron chi connectivity index (χ3n) is 4.60. The lowest BCUT2D eigenvalue weighted by atomic mass is 10.1. The van der Waals surface area contributed by atoms with E-state index in [0.717, 1.165) is 22.6 Å². The zero-order valence-electron chi connectivity index (χ0n) is 15.5. The molecule has 0 atom stereocenters.